The van der Waals surface area contributed by atoms with Crippen LogP contribution in [0, 0.1) is 5.92 Å². The highest BCUT2D eigenvalue weighted by atomic mass is 17.2. The monoisotopic (exact) mass is 321 g/mol. The molecule has 0 rings (SSSR count). The molecule has 6 heteroatoms. The van der Waals surface area contributed by atoms with Crippen LogP contribution in [-0.4, -0.2) is 52.6 Å². The van der Waals surface area contributed by atoms with Crippen LogP contribution in [0.5, 0.6) is 0 Å². The van der Waals surface area contributed by atoms with Crippen LogP contribution >= 0.6 is 0 Å². The highest BCUT2D eigenvalue weighted by Gasteiger charge is 2.07. The molecule has 134 valence electrons. The van der Waals surface area contributed by atoms with Crippen LogP contribution < -0.4 is 5.32 Å². The number of carbonyl (C=O) groups excluding carboxylic acids is 1. The van der Waals surface area contributed by atoms with Crippen molar-refractivity contribution in [3.8, 4) is 0 Å². The topological polar surface area (TPSA) is 66.0 Å². The minimum Gasteiger partial charge on any atom is -0.469 e. The summed E-state index contributed by atoms with van der Waals surface area (Å²) >= 11 is 0. The minimum absolute atomic E-state index is 0. The van der Waals surface area contributed by atoms with Crippen molar-refractivity contribution < 1.29 is 24.0 Å². The molecule has 0 saturated heterocycles. The van der Waals surface area contributed by atoms with Crippen molar-refractivity contribution in [2.45, 2.75) is 53.1 Å². The molecule has 6 nitrogen and oxygen atoms in total. The summed E-state index contributed by atoms with van der Waals surface area (Å²) in [5.74, 6) is 0.340. The first kappa shape index (κ1) is 23.6. The second-order valence-electron chi connectivity index (χ2n) is 5.26. The van der Waals surface area contributed by atoms with E-state index in [2.05, 4.69) is 21.9 Å². The van der Waals surface area contributed by atoms with Crippen molar-refractivity contribution in [2.24, 2.45) is 5.92 Å². The molecule has 0 bridgehead atoms. The summed E-state index contributed by atoms with van der Waals surface area (Å²) in [5, 5.41) is 3.18. The third-order valence-electron chi connectivity index (χ3n) is 3.12. The Labute approximate surface area is 135 Å². The van der Waals surface area contributed by atoms with Crippen molar-refractivity contribution in [1.82, 2.24) is 5.32 Å². The molecule has 0 fully saturated rings. The molecule has 0 aromatic carbocycles. The second kappa shape index (κ2) is 16.7. The predicted molar refractivity (Wildman–Crippen MR) is 87.6 cm³/mol. The zero-order valence-electron chi connectivity index (χ0n) is 13.9. The van der Waals surface area contributed by atoms with Crippen molar-refractivity contribution in [3.63, 3.8) is 0 Å². The van der Waals surface area contributed by atoms with Gasteiger partial charge < -0.3 is 14.8 Å². The summed E-state index contributed by atoms with van der Waals surface area (Å²) in [6, 6.07) is 0. The van der Waals surface area contributed by atoms with E-state index in [0.717, 1.165) is 32.4 Å². The van der Waals surface area contributed by atoms with Gasteiger partial charge in [-0.25, -0.2) is 9.78 Å². The van der Waals surface area contributed by atoms with Crippen LogP contribution in [0.1, 0.15) is 47.0 Å². The Morgan fingerprint density at radius 1 is 1.18 bits per heavy atom. The molecule has 0 amide bonds. The third kappa shape index (κ3) is 15.7. The maximum absolute atomic E-state index is 10.9. The van der Waals surface area contributed by atoms with Gasteiger partial charge in [0.05, 0.1) is 33.4 Å². The van der Waals surface area contributed by atoms with Crippen molar-refractivity contribution in [1.29, 1.82) is 0 Å². The van der Waals surface area contributed by atoms with Crippen LogP contribution in [0.15, 0.2) is 0 Å². The van der Waals surface area contributed by atoms with E-state index in [1.807, 2.05) is 6.92 Å². The van der Waals surface area contributed by atoms with Gasteiger partial charge in [0.25, 0.3) is 0 Å². The fourth-order valence-corrected chi connectivity index (χ4v) is 1.81. The van der Waals surface area contributed by atoms with Crippen LogP contribution in [-0.2, 0) is 24.0 Å². The predicted octanol–water partition coefficient (Wildman–Crippen LogP) is 2.56. The largest absolute Gasteiger partial charge is 0.469 e. The maximum Gasteiger partial charge on any atom is 0.306 e. The van der Waals surface area contributed by atoms with Gasteiger partial charge in [0.2, 0.25) is 0 Å². The number of carbonyl (C=O) groups is 1. The third-order valence-corrected chi connectivity index (χ3v) is 3.12. The fraction of sp³-hybridized carbons (Fsp3) is 0.938. The number of nitrogens with one attached hydrogen (secondary N) is 1. The molecule has 2 unspecified atom stereocenters. The molecule has 0 aliphatic carbocycles. The van der Waals surface area contributed by atoms with Crippen LogP contribution in [0.4, 0.5) is 0 Å². The van der Waals surface area contributed by atoms with Crippen molar-refractivity contribution >= 4 is 5.97 Å². The lowest BCUT2D eigenvalue weighted by Crippen LogP contribution is -2.29. The number of esters is 1. The van der Waals surface area contributed by atoms with E-state index in [9.17, 15) is 4.79 Å². The maximum atomic E-state index is 10.9. The average molecular weight is 321 g/mol. The molecule has 0 aromatic rings. The van der Waals surface area contributed by atoms with Gasteiger partial charge >= 0.3 is 5.97 Å². The Balaban J connectivity index is 0. The van der Waals surface area contributed by atoms with Gasteiger partial charge in [-0.3, -0.25) is 4.79 Å². The van der Waals surface area contributed by atoms with Gasteiger partial charge in [0, 0.05) is 19.7 Å². The van der Waals surface area contributed by atoms with E-state index >= 15 is 0 Å². The van der Waals surface area contributed by atoms with E-state index < -0.39 is 0 Å². The summed E-state index contributed by atoms with van der Waals surface area (Å²) < 4.78 is 10.4. The van der Waals surface area contributed by atoms with Crippen molar-refractivity contribution in [2.75, 3.05) is 40.5 Å². The molecule has 1 N–H and O–H groups in total. The normalized spacial score (nSPS) is 13.3. The standard InChI is InChI=1S/C15H31NO5.CH4/c1-13(7-5-6-10-21-19-4)12-20-14(2)11-16-9-8-15(17)18-3;/h13-14,16H,5-12H2,1-4H3;1H4. The molecule has 0 radical (unpaired) electrons. The summed E-state index contributed by atoms with van der Waals surface area (Å²) in [7, 11) is 2.92. The average Bonchev–Trinajstić information content (AvgIpc) is 2.49. The lowest BCUT2D eigenvalue weighted by molar-refractivity contribution is -0.272. The van der Waals surface area contributed by atoms with Gasteiger partial charge in [-0.2, -0.15) is 0 Å². The number of unbranched alkanes of at least 4 members (excludes halogenated alkanes) is 1. The van der Waals surface area contributed by atoms with Gasteiger partial charge in [-0.05, 0) is 25.7 Å². The first-order valence-corrected chi connectivity index (χ1v) is 7.64. The van der Waals surface area contributed by atoms with Gasteiger partial charge in [0.15, 0.2) is 0 Å². The molecule has 0 aromatic heterocycles. The molecular weight excluding hydrogens is 286 g/mol. The van der Waals surface area contributed by atoms with Crippen LogP contribution in [0.3, 0.4) is 0 Å². The first-order chi connectivity index (χ1) is 10.1. The molecule has 2 atom stereocenters. The second-order valence-corrected chi connectivity index (χ2v) is 5.26. The van der Waals surface area contributed by atoms with Gasteiger partial charge in [-0.1, -0.05) is 20.8 Å². The van der Waals surface area contributed by atoms with Crippen molar-refractivity contribution in [3.05, 3.63) is 0 Å². The zero-order valence-corrected chi connectivity index (χ0v) is 13.9. The molecule has 22 heavy (non-hydrogen) atoms. The Morgan fingerprint density at radius 2 is 1.91 bits per heavy atom. The number of rotatable bonds is 14. The molecule has 0 saturated carbocycles. The Morgan fingerprint density at radius 3 is 2.55 bits per heavy atom. The molecule has 0 aliphatic heterocycles. The number of methoxy groups -OCH3 is 1. The fourth-order valence-electron chi connectivity index (χ4n) is 1.81. The highest BCUT2D eigenvalue weighted by Crippen LogP contribution is 2.09. The summed E-state index contributed by atoms with van der Waals surface area (Å²) in [5.41, 5.74) is 0. The Kier molecular flexibility index (Phi) is 17.9. The smallest absolute Gasteiger partial charge is 0.306 e. The lowest BCUT2D eigenvalue weighted by Gasteiger charge is -2.17. The lowest BCUT2D eigenvalue weighted by atomic mass is 10.1. The van der Waals surface area contributed by atoms with E-state index in [4.69, 9.17) is 9.62 Å². The summed E-state index contributed by atoms with van der Waals surface area (Å²) in [6.07, 6.45) is 3.77. The number of hydrogen-bond acceptors (Lipinski definition) is 6. The minimum atomic E-state index is -0.192. The SMILES string of the molecule is C.COOCCCCC(C)COC(C)CNCCC(=O)OC. The molecule has 0 aliphatic rings. The highest BCUT2D eigenvalue weighted by molar-refractivity contribution is 5.69. The quantitative estimate of drug-likeness (QED) is 0.230. The molecular formula is C16H35NO5. The Hall–Kier alpha value is -0.690. The van der Waals surface area contributed by atoms with Gasteiger partial charge in [-0.15, -0.1) is 0 Å². The number of ether oxygens (including phenoxy) is 2. The summed E-state index contributed by atoms with van der Waals surface area (Å²) in [4.78, 5) is 20.3. The summed E-state index contributed by atoms with van der Waals surface area (Å²) in [6.45, 7) is 6.98. The van der Waals surface area contributed by atoms with E-state index in [0.29, 0.717) is 25.5 Å². The van der Waals surface area contributed by atoms with E-state index in [1.165, 1.54) is 14.2 Å². The molecule has 0 spiro atoms. The molecule has 0 heterocycles. The van der Waals surface area contributed by atoms with E-state index in [-0.39, 0.29) is 19.5 Å². The number of hydrogen-bond donors (Lipinski definition) is 1. The first-order valence-electron chi connectivity index (χ1n) is 7.64. The Bertz CT molecular complexity index is 251. The van der Waals surface area contributed by atoms with Crippen LogP contribution in [0.2, 0.25) is 0 Å². The zero-order chi connectivity index (χ0) is 15.9. The van der Waals surface area contributed by atoms with Gasteiger partial charge in [0.1, 0.15) is 0 Å². The van der Waals surface area contributed by atoms with E-state index in [1.54, 1.807) is 0 Å². The van der Waals surface area contributed by atoms with Crippen LogP contribution in [0.25, 0.3) is 0 Å².